The third-order valence-corrected chi connectivity index (χ3v) is 3.40. The summed E-state index contributed by atoms with van der Waals surface area (Å²) < 4.78 is 0.845. The molecule has 6 nitrogen and oxygen atoms in total. The molecule has 0 saturated heterocycles. The number of aromatic nitrogens is 2. The molecule has 0 saturated carbocycles. The van der Waals surface area contributed by atoms with Crippen molar-refractivity contribution in [2.45, 2.75) is 31.3 Å². The molecule has 1 heterocycles. The van der Waals surface area contributed by atoms with E-state index in [9.17, 15) is 20.4 Å². The molecule has 104 valence electrons. The summed E-state index contributed by atoms with van der Waals surface area (Å²) >= 11 is 3.31. The van der Waals surface area contributed by atoms with Crippen LogP contribution in [0.2, 0.25) is 0 Å². The third kappa shape index (κ3) is 2.96. The summed E-state index contributed by atoms with van der Waals surface area (Å²) in [6, 6.07) is 5.36. The van der Waals surface area contributed by atoms with Crippen LogP contribution in [0.15, 0.2) is 22.7 Å². The molecule has 0 amide bonds. The van der Waals surface area contributed by atoms with Gasteiger partial charge in [-0.25, -0.2) is 4.98 Å². The predicted molar refractivity (Wildman–Crippen MR) is 72.4 cm³/mol. The molecule has 0 bridgehead atoms. The Morgan fingerprint density at radius 3 is 2.47 bits per heavy atom. The van der Waals surface area contributed by atoms with Gasteiger partial charge in [0.15, 0.2) is 0 Å². The van der Waals surface area contributed by atoms with Crippen LogP contribution in [0, 0.1) is 0 Å². The summed E-state index contributed by atoms with van der Waals surface area (Å²) in [4.78, 5) is 7.01. The second kappa shape index (κ2) is 5.56. The monoisotopic (exact) mass is 330 g/mol. The summed E-state index contributed by atoms with van der Waals surface area (Å²) in [5, 5.41) is 38.5. The Bertz CT molecular complexity index is 572. The molecule has 0 aliphatic carbocycles. The molecule has 1 aromatic carbocycles. The van der Waals surface area contributed by atoms with Gasteiger partial charge in [-0.2, -0.15) is 0 Å². The van der Waals surface area contributed by atoms with Crippen molar-refractivity contribution in [2.24, 2.45) is 0 Å². The first-order valence-electron chi connectivity index (χ1n) is 5.77. The second-order valence-corrected chi connectivity index (χ2v) is 5.37. The molecule has 1 aromatic heterocycles. The molecular weight excluding hydrogens is 316 g/mol. The molecule has 0 fully saturated rings. The van der Waals surface area contributed by atoms with E-state index >= 15 is 0 Å². The van der Waals surface area contributed by atoms with Gasteiger partial charge >= 0.3 is 0 Å². The van der Waals surface area contributed by atoms with Gasteiger partial charge < -0.3 is 25.4 Å². The Hall–Kier alpha value is -0.990. The molecule has 0 aliphatic rings. The molecule has 4 atom stereocenters. The van der Waals surface area contributed by atoms with Gasteiger partial charge in [0.05, 0.1) is 17.1 Å². The Morgan fingerprint density at radius 1 is 1.16 bits per heavy atom. The first kappa shape index (κ1) is 14.4. The van der Waals surface area contributed by atoms with Crippen LogP contribution in [-0.4, -0.2) is 48.7 Å². The minimum Gasteiger partial charge on any atom is -0.391 e. The largest absolute Gasteiger partial charge is 0.391 e. The molecule has 0 radical (unpaired) electrons. The van der Waals surface area contributed by atoms with Crippen LogP contribution in [0.25, 0.3) is 11.0 Å². The van der Waals surface area contributed by atoms with Crippen molar-refractivity contribution in [3.8, 4) is 0 Å². The summed E-state index contributed by atoms with van der Waals surface area (Å²) in [7, 11) is 0. The zero-order valence-electron chi connectivity index (χ0n) is 10.2. The highest BCUT2D eigenvalue weighted by Crippen LogP contribution is 2.23. The number of imidazole rings is 1. The van der Waals surface area contributed by atoms with Gasteiger partial charge in [0.1, 0.15) is 24.1 Å². The van der Waals surface area contributed by atoms with Crippen molar-refractivity contribution < 1.29 is 20.4 Å². The quantitative estimate of drug-likeness (QED) is 0.559. The van der Waals surface area contributed by atoms with Crippen LogP contribution in [0.1, 0.15) is 18.9 Å². The molecule has 0 spiro atoms. The number of nitrogens with one attached hydrogen (secondary N) is 1. The lowest BCUT2D eigenvalue weighted by Crippen LogP contribution is -2.39. The molecule has 0 unspecified atom stereocenters. The van der Waals surface area contributed by atoms with Gasteiger partial charge in [0.2, 0.25) is 0 Å². The van der Waals surface area contributed by atoms with E-state index in [1.54, 1.807) is 12.1 Å². The average Bonchev–Trinajstić information content (AvgIpc) is 2.78. The Balaban J connectivity index is 2.28. The lowest BCUT2D eigenvalue weighted by molar-refractivity contribution is -0.103. The first-order valence-corrected chi connectivity index (χ1v) is 6.57. The first-order chi connectivity index (χ1) is 8.90. The zero-order valence-corrected chi connectivity index (χ0v) is 11.7. The van der Waals surface area contributed by atoms with Crippen LogP contribution < -0.4 is 0 Å². The fraction of sp³-hybridized carbons (Fsp3) is 0.417. The number of hydrogen-bond donors (Lipinski definition) is 5. The maximum atomic E-state index is 9.95. The van der Waals surface area contributed by atoms with Crippen LogP contribution in [0.3, 0.4) is 0 Å². The van der Waals surface area contributed by atoms with Crippen molar-refractivity contribution in [2.75, 3.05) is 0 Å². The van der Waals surface area contributed by atoms with Crippen LogP contribution in [-0.2, 0) is 0 Å². The van der Waals surface area contributed by atoms with Crippen LogP contribution in [0.5, 0.6) is 0 Å². The highest BCUT2D eigenvalue weighted by molar-refractivity contribution is 9.10. The smallest absolute Gasteiger partial charge is 0.140 e. The molecule has 0 aliphatic heterocycles. The van der Waals surface area contributed by atoms with Crippen molar-refractivity contribution in [3.05, 3.63) is 28.5 Å². The molecule has 2 rings (SSSR count). The number of fused-ring (bicyclic) bond motifs is 1. The van der Waals surface area contributed by atoms with Crippen LogP contribution in [0.4, 0.5) is 0 Å². The van der Waals surface area contributed by atoms with Gasteiger partial charge in [-0.05, 0) is 25.1 Å². The summed E-state index contributed by atoms with van der Waals surface area (Å²) in [5.74, 6) is 0.139. The fourth-order valence-corrected chi connectivity index (χ4v) is 2.12. The average molecular weight is 331 g/mol. The highest BCUT2D eigenvalue weighted by atomic mass is 79.9. The number of benzene rings is 1. The van der Waals surface area contributed by atoms with Gasteiger partial charge in [0, 0.05) is 4.47 Å². The van der Waals surface area contributed by atoms with Gasteiger partial charge in [-0.1, -0.05) is 15.9 Å². The van der Waals surface area contributed by atoms with Gasteiger partial charge in [-0.15, -0.1) is 0 Å². The number of aromatic amines is 1. The van der Waals surface area contributed by atoms with Crippen molar-refractivity contribution in [1.29, 1.82) is 0 Å². The number of hydrogen-bond acceptors (Lipinski definition) is 5. The SMILES string of the molecule is C[C@@H](O)[C@H](O)[C@H](O)[C@@H](O)c1nc2cc(Br)ccc2[nH]1. The molecule has 19 heavy (non-hydrogen) atoms. The van der Waals surface area contributed by atoms with E-state index in [4.69, 9.17) is 0 Å². The number of aliphatic hydroxyl groups excluding tert-OH is 4. The Labute approximate surface area is 117 Å². The molecular formula is C12H15BrN2O4. The maximum Gasteiger partial charge on any atom is 0.140 e. The normalized spacial score (nSPS) is 18.2. The Morgan fingerprint density at radius 2 is 1.84 bits per heavy atom. The number of nitrogens with zero attached hydrogens (tertiary/aromatic N) is 1. The minimum absolute atomic E-state index is 0.139. The van der Waals surface area contributed by atoms with Crippen molar-refractivity contribution in [3.63, 3.8) is 0 Å². The number of H-pyrrole nitrogens is 1. The molecule has 5 N–H and O–H groups in total. The lowest BCUT2D eigenvalue weighted by Gasteiger charge is -2.23. The summed E-state index contributed by atoms with van der Waals surface area (Å²) in [5.41, 5.74) is 1.33. The number of halogens is 1. The zero-order chi connectivity index (χ0) is 14.2. The molecule has 7 heteroatoms. The van der Waals surface area contributed by atoms with E-state index in [1.165, 1.54) is 6.92 Å². The third-order valence-electron chi connectivity index (χ3n) is 2.91. The van der Waals surface area contributed by atoms with Gasteiger partial charge in [0.25, 0.3) is 0 Å². The maximum absolute atomic E-state index is 9.95. The number of rotatable bonds is 4. The lowest BCUT2D eigenvalue weighted by atomic mass is 10.0. The predicted octanol–water partition coefficient (Wildman–Crippen LogP) is 0.461. The highest BCUT2D eigenvalue weighted by Gasteiger charge is 2.30. The van der Waals surface area contributed by atoms with Crippen molar-refractivity contribution in [1.82, 2.24) is 9.97 Å². The Kier molecular flexibility index (Phi) is 4.22. The molecule has 2 aromatic rings. The van der Waals surface area contributed by atoms with E-state index in [2.05, 4.69) is 25.9 Å². The topological polar surface area (TPSA) is 110 Å². The van der Waals surface area contributed by atoms with E-state index in [1.807, 2.05) is 6.07 Å². The van der Waals surface area contributed by atoms with Crippen LogP contribution >= 0.6 is 15.9 Å². The van der Waals surface area contributed by atoms with E-state index < -0.39 is 24.4 Å². The van der Waals surface area contributed by atoms with E-state index in [0.717, 1.165) is 4.47 Å². The van der Waals surface area contributed by atoms with E-state index in [-0.39, 0.29) is 5.82 Å². The number of aliphatic hydroxyl groups is 4. The second-order valence-electron chi connectivity index (χ2n) is 4.45. The van der Waals surface area contributed by atoms with Gasteiger partial charge in [-0.3, -0.25) is 0 Å². The minimum atomic E-state index is -1.52. The summed E-state index contributed by atoms with van der Waals surface area (Å²) in [6.07, 6.45) is -5.53. The fourth-order valence-electron chi connectivity index (χ4n) is 1.77. The van der Waals surface area contributed by atoms with E-state index in [0.29, 0.717) is 11.0 Å². The summed E-state index contributed by atoms with van der Waals surface area (Å²) in [6.45, 7) is 1.33. The van der Waals surface area contributed by atoms with Crippen molar-refractivity contribution >= 4 is 27.0 Å². The standard InChI is InChI=1S/C12H15BrN2O4/c1-5(16)9(17)10(18)11(19)12-14-7-3-2-6(13)4-8(7)15-12/h2-5,9-11,16-19H,1H3,(H,14,15)/t5-,9+,10+,11-/m1/s1.